The zero-order valence-electron chi connectivity index (χ0n) is 38.6. The fourth-order valence-electron chi connectivity index (χ4n) is 15.2. The third-order valence-electron chi connectivity index (χ3n) is 19.4. The Labute approximate surface area is 380 Å². The lowest BCUT2D eigenvalue weighted by atomic mass is 9.33. The molecule has 4 saturated carbocycles. The Kier molecular flexibility index (Phi) is 12.4. The van der Waals surface area contributed by atoms with Crippen LogP contribution in [0.5, 0.6) is 0 Å². The first-order chi connectivity index (χ1) is 30.4. The van der Waals surface area contributed by atoms with Crippen LogP contribution in [0.3, 0.4) is 0 Å². The summed E-state index contributed by atoms with van der Waals surface area (Å²) < 4.78 is 41.6. The van der Waals surface area contributed by atoms with Gasteiger partial charge in [-0.1, -0.05) is 60.1 Å². The molecule has 18 nitrogen and oxygen atoms in total. The minimum atomic E-state index is -1.76. The fourth-order valence-corrected chi connectivity index (χ4v) is 15.2. The van der Waals surface area contributed by atoms with E-state index in [0.717, 1.165) is 32.1 Å². The van der Waals surface area contributed by atoms with Crippen LogP contribution in [0.2, 0.25) is 0 Å². The van der Waals surface area contributed by atoms with E-state index in [-0.39, 0.29) is 51.5 Å². The van der Waals surface area contributed by atoms with Crippen molar-refractivity contribution in [3.8, 4) is 0 Å². The number of allylic oxidation sites excluding steroid dienone is 2. The minimum Gasteiger partial charge on any atom is -0.461 e. The van der Waals surface area contributed by atoms with E-state index in [1.165, 1.54) is 5.57 Å². The van der Waals surface area contributed by atoms with E-state index in [2.05, 4.69) is 54.5 Å². The zero-order chi connectivity index (χ0) is 47.1. The predicted molar refractivity (Wildman–Crippen MR) is 224 cm³/mol. The van der Waals surface area contributed by atoms with Gasteiger partial charge in [-0.25, -0.2) is 0 Å². The number of rotatable bonds is 8. The van der Waals surface area contributed by atoms with E-state index >= 15 is 0 Å². The lowest BCUT2D eigenvalue weighted by Crippen LogP contribution is -2.67. The zero-order valence-corrected chi connectivity index (χ0v) is 38.6. The maximum atomic E-state index is 13.7. The standard InChI is InChI=1S/C47H74O18/c1-42(2)14-21-20-8-9-26-44(5)12-11-28(43(3,4)25(44)10-13-45(26,6)46(20,7)15-27(50)47(21)16-29(42)64-41(47)58)63-39-36(57)33(54)32(53)24(62-39)19-60-40-37(34(55)31(52)23(17-48)61-40)65-38-35(56)30(51)22(49)18-59-38/h8,21-40,48-57H,9-19H2,1-7H3. The number of esters is 1. The number of carbonyl (C=O) groups is 1. The number of aliphatic hydroxyl groups is 10. The summed E-state index contributed by atoms with van der Waals surface area (Å²) in [7, 11) is 0. The summed E-state index contributed by atoms with van der Waals surface area (Å²) in [5.74, 6) is 0.125. The molecule has 5 aliphatic carbocycles. The Bertz CT molecular complexity index is 1830. The summed E-state index contributed by atoms with van der Waals surface area (Å²) in [5.41, 5.74) is -0.859. The van der Waals surface area contributed by atoms with Gasteiger partial charge in [-0.05, 0) is 84.4 Å². The van der Waals surface area contributed by atoms with E-state index in [0.29, 0.717) is 19.3 Å². The fraction of sp³-hybridized carbons (Fsp3) is 0.936. The maximum Gasteiger partial charge on any atom is 0.315 e. The molecule has 1 spiro atoms. The van der Waals surface area contributed by atoms with Gasteiger partial charge in [0.15, 0.2) is 18.9 Å². The third-order valence-corrected chi connectivity index (χ3v) is 19.4. The first-order valence-electron chi connectivity index (χ1n) is 23.9. The average Bonchev–Trinajstić information content (AvgIpc) is 3.57. The first-order valence-corrected chi connectivity index (χ1v) is 23.9. The number of hydrogen-bond donors (Lipinski definition) is 10. The highest BCUT2D eigenvalue weighted by Gasteiger charge is 2.74. The molecule has 370 valence electrons. The van der Waals surface area contributed by atoms with Gasteiger partial charge in [0.1, 0.15) is 78.7 Å². The van der Waals surface area contributed by atoms with Crippen LogP contribution in [0.25, 0.3) is 0 Å². The van der Waals surface area contributed by atoms with Crippen LogP contribution in [0.15, 0.2) is 11.6 Å². The summed E-state index contributed by atoms with van der Waals surface area (Å²) in [6.07, 6.45) is -15.1. The Morgan fingerprint density at radius 1 is 0.708 bits per heavy atom. The highest BCUT2D eigenvalue weighted by Crippen LogP contribution is 2.76. The molecule has 0 aromatic rings. The number of carbonyl (C=O) groups excluding carboxylic acids is 1. The minimum absolute atomic E-state index is 0.0793. The summed E-state index contributed by atoms with van der Waals surface area (Å²) in [6.45, 7) is 14.2. The molecule has 0 aromatic carbocycles. The van der Waals surface area contributed by atoms with Crippen LogP contribution in [0.1, 0.15) is 99.8 Å². The number of hydrogen-bond acceptors (Lipinski definition) is 18. The van der Waals surface area contributed by atoms with Crippen LogP contribution >= 0.6 is 0 Å². The maximum absolute atomic E-state index is 13.7. The van der Waals surface area contributed by atoms with E-state index in [1.807, 2.05) is 0 Å². The highest BCUT2D eigenvalue weighted by molar-refractivity contribution is 5.82. The van der Waals surface area contributed by atoms with Gasteiger partial charge in [0.2, 0.25) is 0 Å². The van der Waals surface area contributed by atoms with E-state index in [4.69, 9.17) is 33.2 Å². The van der Waals surface area contributed by atoms with Crippen molar-refractivity contribution >= 4 is 5.97 Å². The Balaban J connectivity index is 0.904. The van der Waals surface area contributed by atoms with Crippen molar-refractivity contribution < 1.29 is 89.0 Å². The van der Waals surface area contributed by atoms with E-state index in [1.54, 1.807) is 0 Å². The molecule has 4 saturated heterocycles. The van der Waals surface area contributed by atoms with Crippen LogP contribution in [0.4, 0.5) is 0 Å². The van der Waals surface area contributed by atoms with E-state index < -0.39 is 129 Å². The van der Waals surface area contributed by atoms with Crippen molar-refractivity contribution in [2.24, 2.45) is 50.2 Å². The monoisotopic (exact) mass is 926 g/mol. The van der Waals surface area contributed by atoms with Crippen LogP contribution < -0.4 is 0 Å². The second-order valence-electron chi connectivity index (χ2n) is 23.3. The molecule has 8 fully saturated rings. The number of ether oxygens (including phenoxy) is 7. The van der Waals surface area contributed by atoms with Gasteiger partial charge in [0.05, 0.1) is 32.0 Å². The highest BCUT2D eigenvalue weighted by atomic mass is 16.8. The molecule has 24 atom stereocenters. The summed E-state index contributed by atoms with van der Waals surface area (Å²) in [4.78, 5) is 13.7. The Morgan fingerprint density at radius 3 is 2.09 bits per heavy atom. The second-order valence-corrected chi connectivity index (χ2v) is 23.3. The van der Waals surface area contributed by atoms with Gasteiger partial charge in [-0.15, -0.1) is 0 Å². The largest absolute Gasteiger partial charge is 0.461 e. The van der Waals surface area contributed by atoms with Gasteiger partial charge in [0, 0.05) is 11.8 Å². The van der Waals surface area contributed by atoms with Gasteiger partial charge in [0.25, 0.3) is 0 Å². The molecular formula is C47H74O18. The molecule has 18 heteroatoms. The molecule has 2 bridgehead atoms. The van der Waals surface area contributed by atoms with Gasteiger partial charge in [-0.3, -0.25) is 4.79 Å². The van der Waals surface area contributed by atoms with Gasteiger partial charge in [-0.2, -0.15) is 0 Å². The number of aliphatic hydroxyl groups excluding tert-OH is 10. The molecule has 4 aliphatic heterocycles. The Hall–Kier alpha value is -1.43. The lowest BCUT2D eigenvalue weighted by molar-refractivity contribution is -0.367. The molecule has 10 N–H and O–H groups in total. The second kappa shape index (κ2) is 16.6. The topological polar surface area (TPSA) is 284 Å². The van der Waals surface area contributed by atoms with Crippen molar-refractivity contribution in [3.05, 3.63) is 11.6 Å². The predicted octanol–water partition coefficient (Wildman–Crippen LogP) is -0.233. The molecule has 0 aromatic heterocycles. The third kappa shape index (κ3) is 7.12. The van der Waals surface area contributed by atoms with Crippen molar-refractivity contribution in [2.75, 3.05) is 19.8 Å². The molecule has 0 amide bonds. The van der Waals surface area contributed by atoms with Crippen LogP contribution in [-0.2, 0) is 38.0 Å². The van der Waals surface area contributed by atoms with Crippen molar-refractivity contribution in [2.45, 2.75) is 204 Å². The first kappa shape index (κ1) is 48.6. The molecule has 0 radical (unpaired) electrons. The van der Waals surface area contributed by atoms with Crippen molar-refractivity contribution in [1.82, 2.24) is 0 Å². The molecular weight excluding hydrogens is 852 g/mol. The lowest BCUT2D eigenvalue weighted by Gasteiger charge is -2.71. The molecule has 4 heterocycles. The average molecular weight is 927 g/mol. The van der Waals surface area contributed by atoms with Crippen molar-refractivity contribution in [1.29, 1.82) is 0 Å². The molecule has 9 aliphatic rings. The summed E-state index contributed by atoms with van der Waals surface area (Å²) in [5, 5.41) is 108. The summed E-state index contributed by atoms with van der Waals surface area (Å²) >= 11 is 0. The van der Waals surface area contributed by atoms with Gasteiger partial charge < -0.3 is 84.2 Å². The molecule has 9 rings (SSSR count). The smallest absolute Gasteiger partial charge is 0.315 e. The number of fused-ring (bicyclic) bond motifs is 7. The molecule has 24 unspecified atom stereocenters. The SMILES string of the molecule is CC1(C)CC2C3=CCC4C5(C)CCC(OC6OC(COC7OC(CO)C(O)C(O)C7OC7OCC(O)C(O)C7O)C(O)C(O)C6O)C(C)(C)C5CCC4(C)C3(C)CC(O)C23CC1OC3=O. The van der Waals surface area contributed by atoms with Crippen LogP contribution in [-0.4, -0.2) is 181 Å². The molecule has 65 heavy (non-hydrogen) atoms. The van der Waals surface area contributed by atoms with Gasteiger partial charge >= 0.3 is 5.97 Å². The van der Waals surface area contributed by atoms with Crippen LogP contribution in [0, 0.1) is 50.2 Å². The quantitative estimate of drug-likeness (QED) is 0.0855. The Morgan fingerprint density at radius 2 is 1.38 bits per heavy atom. The normalized spacial score (nSPS) is 55.8. The van der Waals surface area contributed by atoms with E-state index in [9.17, 15) is 55.9 Å². The summed E-state index contributed by atoms with van der Waals surface area (Å²) in [6, 6.07) is 0. The van der Waals surface area contributed by atoms with Crippen molar-refractivity contribution in [3.63, 3.8) is 0 Å².